The molecule has 0 unspecified atom stereocenters. The van der Waals surface area contributed by atoms with Gasteiger partial charge in [0, 0.05) is 29.2 Å². The number of carbonyl (C=O) groups excluding carboxylic acids is 1. The number of carbonyl (C=O) groups is 1. The van der Waals surface area contributed by atoms with E-state index < -0.39 is 0 Å². The van der Waals surface area contributed by atoms with Crippen LogP contribution in [0.3, 0.4) is 0 Å². The van der Waals surface area contributed by atoms with E-state index >= 15 is 0 Å². The van der Waals surface area contributed by atoms with Crippen LogP contribution >= 0.6 is 23.8 Å². The lowest BCUT2D eigenvalue weighted by molar-refractivity contribution is 0.102. The largest absolute Gasteiger partial charge is 0.362 e. The van der Waals surface area contributed by atoms with E-state index in [1.807, 2.05) is 36.4 Å². The van der Waals surface area contributed by atoms with E-state index in [4.69, 9.17) is 12.2 Å². The second kappa shape index (κ2) is 11.3. The topological polar surface area (TPSA) is 78.9 Å². The molecular formula is C25H23N5OS2. The molecule has 4 rings (SSSR count). The number of aromatic nitrogens is 2. The van der Waals surface area contributed by atoms with Crippen LogP contribution in [0, 0.1) is 0 Å². The van der Waals surface area contributed by atoms with Gasteiger partial charge in [-0.2, -0.15) is 0 Å². The van der Waals surface area contributed by atoms with Gasteiger partial charge in [-0.1, -0.05) is 65.2 Å². The van der Waals surface area contributed by atoms with Gasteiger partial charge >= 0.3 is 0 Å². The first kappa shape index (κ1) is 22.6. The maximum atomic E-state index is 12.1. The van der Waals surface area contributed by atoms with Gasteiger partial charge in [-0.25, -0.2) is 0 Å². The van der Waals surface area contributed by atoms with Crippen molar-refractivity contribution in [2.75, 3.05) is 17.2 Å². The van der Waals surface area contributed by atoms with Crippen molar-refractivity contribution in [3.05, 3.63) is 107 Å². The molecule has 1 amide bonds. The van der Waals surface area contributed by atoms with Crippen LogP contribution in [0.4, 0.5) is 11.4 Å². The van der Waals surface area contributed by atoms with E-state index in [9.17, 15) is 4.79 Å². The number of nitrogens with one attached hydrogen (secondary N) is 3. The number of thiocarbonyl (C=S) groups is 1. The molecule has 0 radical (unpaired) electrons. The summed E-state index contributed by atoms with van der Waals surface area (Å²) in [6.45, 7) is 0.732. The predicted octanol–water partition coefficient (Wildman–Crippen LogP) is 5.30. The first-order valence-electron chi connectivity index (χ1n) is 10.5. The third-order valence-electron chi connectivity index (χ3n) is 5.12. The third kappa shape index (κ3) is 6.44. The summed E-state index contributed by atoms with van der Waals surface area (Å²) in [4.78, 5) is 12.1. The normalized spacial score (nSPS) is 10.6. The van der Waals surface area contributed by atoms with Crippen molar-refractivity contribution in [1.82, 2.24) is 14.9 Å². The Morgan fingerprint density at radius 3 is 1.97 bits per heavy atom. The van der Waals surface area contributed by atoms with Gasteiger partial charge in [0.25, 0.3) is 5.91 Å². The minimum atomic E-state index is -0.284. The van der Waals surface area contributed by atoms with Gasteiger partial charge in [-0.15, -0.1) is 5.10 Å². The summed E-state index contributed by atoms with van der Waals surface area (Å²) in [5.41, 5.74) is 4.39. The molecule has 0 saturated heterocycles. The zero-order valence-corrected chi connectivity index (χ0v) is 19.4. The number of benzene rings is 3. The fourth-order valence-corrected chi connectivity index (χ4v) is 4.15. The molecule has 0 spiro atoms. The number of hydrogen-bond acceptors (Lipinski definition) is 5. The third-order valence-corrected chi connectivity index (χ3v) is 5.87. The average Bonchev–Trinajstić information content (AvgIpc) is 3.40. The summed E-state index contributed by atoms with van der Waals surface area (Å²) >= 11 is 6.61. The smallest absolute Gasteiger partial charge is 0.277 e. The Morgan fingerprint density at radius 1 is 0.848 bits per heavy atom. The Labute approximate surface area is 202 Å². The molecule has 0 aliphatic rings. The number of anilines is 2. The summed E-state index contributed by atoms with van der Waals surface area (Å²) in [6.07, 6.45) is 0.909. The Hall–Kier alpha value is -3.62. The highest BCUT2D eigenvalue weighted by molar-refractivity contribution is 7.80. The van der Waals surface area contributed by atoms with Crippen LogP contribution < -0.4 is 16.0 Å². The van der Waals surface area contributed by atoms with Gasteiger partial charge < -0.3 is 16.0 Å². The van der Waals surface area contributed by atoms with E-state index in [0.717, 1.165) is 30.2 Å². The van der Waals surface area contributed by atoms with Gasteiger partial charge in [-0.3, -0.25) is 4.79 Å². The molecule has 6 nitrogen and oxygen atoms in total. The Balaban J connectivity index is 1.29. The molecule has 0 saturated carbocycles. The Kier molecular flexibility index (Phi) is 7.73. The minimum absolute atomic E-state index is 0.284. The van der Waals surface area contributed by atoms with Crippen molar-refractivity contribution < 1.29 is 4.79 Å². The monoisotopic (exact) mass is 473 g/mol. The SMILES string of the molecule is O=C(Nc1ccc(NC(=S)NCCC(c2ccccc2)c2ccccc2)cc1)c1csnn1. The second-order valence-corrected chi connectivity index (χ2v) is 8.38. The summed E-state index contributed by atoms with van der Waals surface area (Å²) in [5.74, 6) is 0.00606. The highest BCUT2D eigenvalue weighted by Crippen LogP contribution is 2.27. The van der Waals surface area contributed by atoms with Gasteiger partial charge in [0.15, 0.2) is 10.8 Å². The first-order valence-corrected chi connectivity index (χ1v) is 11.8. The molecule has 33 heavy (non-hydrogen) atoms. The fraction of sp³-hybridized carbons (Fsp3) is 0.120. The number of amides is 1. The van der Waals surface area contributed by atoms with Gasteiger partial charge in [-0.05, 0) is 65.6 Å². The lowest BCUT2D eigenvalue weighted by atomic mass is 9.88. The molecule has 0 atom stereocenters. The molecular weight excluding hydrogens is 450 g/mol. The Morgan fingerprint density at radius 2 is 1.42 bits per heavy atom. The van der Waals surface area contributed by atoms with E-state index in [0.29, 0.717) is 22.4 Å². The Bertz CT molecular complexity index is 1130. The van der Waals surface area contributed by atoms with E-state index in [2.05, 4.69) is 74.1 Å². The quantitative estimate of drug-likeness (QED) is 0.302. The second-order valence-electron chi connectivity index (χ2n) is 7.37. The van der Waals surface area contributed by atoms with Crippen LogP contribution in [0.15, 0.2) is 90.3 Å². The van der Waals surface area contributed by atoms with Crippen molar-refractivity contribution in [1.29, 1.82) is 0 Å². The minimum Gasteiger partial charge on any atom is -0.362 e. The van der Waals surface area contributed by atoms with Crippen molar-refractivity contribution in [2.45, 2.75) is 12.3 Å². The molecule has 4 aromatic rings. The van der Waals surface area contributed by atoms with Crippen molar-refractivity contribution in [3.8, 4) is 0 Å². The number of hydrogen-bond donors (Lipinski definition) is 3. The average molecular weight is 474 g/mol. The van der Waals surface area contributed by atoms with Crippen molar-refractivity contribution in [3.63, 3.8) is 0 Å². The van der Waals surface area contributed by atoms with Crippen LogP contribution in [0.1, 0.15) is 34.0 Å². The van der Waals surface area contributed by atoms with E-state index in [1.165, 1.54) is 11.1 Å². The van der Waals surface area contributed by atoms with E-state index in [-0.39, 0.29) is 5.91 Å². The maximum absolute atomic E-state index is 12.1. The van der Waals surface area contributed by atoms with Gasteiger partial charge in [0.2, 0.25) is 0 Å². The number of nitrogens with zero attached hydrogens (tertiary/aromatic N) is 2. The van der Waals surface area contributed by atoms with Crippen molar-refractivity contribution >= 4 is 46.1 Å². The van der Waals surface area contributed by atoms with Crippen LogP contribution in [0.2, 0.25) is 0 Å². The molecule has 3 N–H and O–H groups in total. The molecule has 166 valence electrons. The fourth-order valence-electron chi connectivity index (χ4n) is 3.50. The first-order chi connectivity index (χ1) is 16.2. The summed E-state index contributed by atoms with van der Waals surface area (Å²) in [7, 11) is 0. The highest BCUT2D eigenvalue weighted by Gasteiger charge is 2.14. The lowest BCUT2D eigenvalue weighted by Crippen LogP contribution is -2.30. The molecule has 0 bridgehead atoms. The van der Waals surface area contributed by atoms with Gasteiger partial charge in [0.05, 0.1) is 0 Å². The molecule has 8 heteroatoms. The molecule has 0 aliphatic heterocycles. The van der Waals surface area contributed by atoms with Crippen LogP contribution in [0.25, 0.3) is 0 Å². The van der Waals surface area contributed by atoms with Crippen LogP contribution in [-0.2, 0) is 0 Å². The summed E-state index contributed by atoms with van der Waals surface area (Å²) in [5, 5.41) is 15.2. The van der Waals surface area contributed by atoms with Crippen LogP contribution in [0.5, 0.6) is 0 Å². The predicted molar refractivity (Wildman–Crippen MR) is 138 cm³/mol. The lowest BCUT2D eigenvalue weighted by Gasteiger charge is -2.19. The van der Waals surface area contributed by atoms with E-state index in [1.54, 1.807) is 5.38 Å². The van der Waals surface area contributed by atoms with Crippen LogP contribution in [-0.4, -0.2) is 27.2 Å². The zero-order chi connectivity index (χ0) is 22.9. The standard InChI is InChI=1S/C25H23N5OS2/c31-24(23-17-33-30-29-23)27-20-11-13-21(14-12-20)28-25(32)26-16-15-22(18-7-3-1-4-8-18)19-9-5-2-6-10-19/h1-14,17,22H,15-16H2,(H,27,31)(H2,26,28,32). The maximum Gasteiger partial charge on any atom is 0.277 e. The summed E-state index contributed by atoms with van der Waals surface area (Å²) in [6, 6.07) is 28.4. The summed E-state index contributed by atoms with van der Waals surface area (Å²) < 4.78 is 3.70. The van der Waals surface area contributed by atoms with Crippen molar-refractivity contribution in [2.24, 2.45) is 0 Å². The molecule has 3 aromatic carbocycles. The number of rotatable bonds is 8. The highest BCUT2D eigenvalue weighted by atomic mass is 32.1. The van der Waals surface area contributed by atoms with Gasteiger partial charge in [0.1, 0.15) is 0 Å². The molecule has 0 aliphatic carbocycles. The zero-order valence-electron chi connectivity index (χ0n) is 17.8. The molecule has 1 heterocycles. The molecule has 1 aromatic heterocycles. The molecule has 0 fully saturated rings.